The molecule has 0 aliphatic carbocycles. The summed E-state index contributed by atoms with van der Waals surface area (Å²) in [6.45, 7) is 0. The molecule has 2 aromatic heterocycles. The highest BCUT2D eigenvalue weighted by molar-refractivity contribution is 6.14. The fourth-order valence-electron chi connectivity index (χ4n) is 16.9. The first-order valence-corrected chi connectivity index (χ1v) is 39.1. The van der Waals surface area contributed by atoms with E-state index >= 15 is 0 Å². The molecule has 114 heavy (non-hydrogen) atoms. The molecule has 18 aromatic carbocycles. The maximum Gasteiger partial charge on any atom is 0.0541 e. The number of hydrogen-bond acceptors (Lipinski definition) is 2. The summed E-state index contributed by atoms with van der Waals surface area (Å²) in [6, 6.07) is 163. The predicted molar refractivity (Wildman–Crippen MR) is 483 cm³/mol. The minimum absolute atomic E-state index is 1.06. The minimum atomic E-state index is 1.06. The van der Waals surface area contributed by atoms with Crippen LogP contribution in [0.3, 0.4) is 0 Å². The van der Waals surface area contributed by atoms with E-state index in [4.69, 9.17) is 0 Å². The van der Waals surface area contributed by atoms with Crippen molar-refractivity contribution < 1.29 is 0 Å². The lowest BCUT2D eigenvalue weighted by atomic mass is 9.92. The molecule has 0 aliphatic heterocycles. The average molecular weight is 1450 g/mol. The van der Waals surface area contributed by atoms with Gasteiger partial charge in [0.1, 0.15) is 0 Å². The summed E-state index contributed by atoms with van der Waals surface area (Å²) >= 11 is 0. The second-order valence-corrected chi connectivity index (χ2v) is 29.1. The van der Waals surface area contributed by atoms with E-state index in [0.717, 1.165) is 78.7 Å². The van der Waals surface area contributed by atoms with Gasteiger partial charge in [-0.25, -0.2) is 0 Å². The van der Waals surface area contributed by atoms with Gasteiger partial charge in [-0.15, -0.1) is 0 Å². The number of aromatic nitrogens is 2. The van der Waals surface area contributed by atoms with Crippen molar-refractivity contribution in [3.63, 3.8) is 0 Å². The minimum Gasteiger partial charge on any atom is -0.311 e. The molecule has 0 N–H and O–H groups in total. The van der Waals surface area contributed by atoms with E-state index in [2.05, 4.69) is 480 Å². The smallest absolute Gasteiger partial charge is 0.0541 e. The highest BCUT2D eigenvalue weighted by atomic mass is 15.1. The number of rotatable bonds is 18. The molecule has 0 unspecified atom stereocenters. The Labute approximate surface area is 664 Å². The Balaban J connectivity index is 0.596. The Morgan fingerprint density at radius 2 is 0.351 bits per heavy atom. The summed E-state index contributed by atoms with van der Waals surface area (Å²) in [5.74, 6) is 0. The van der Waals surface area contributed by atoms with Gasteiger partial charge in [0.15, 0.2) is 0 Å². The van der Waals surface area contributed by atoms with Crippen LogP contribution in [0.4, 0.5) is 34.1 Å². The van der Waals surface area contributed by atoms with Gasteiger partial charge in [-0.1, -0.05) is 315 Å². The van der Waals surface area contributed by atoms with Crippen molar-refractivity contribution in [2.45, 2.75) is 0 Å². The number of anilines is 6. The van der Waals surface area contributed by atoms with Crippen LogP contribution in [-0.4, -0.2) is 9.13 Å². The van der Waals surface area contributed by atoms with Gasteiger partial charge in [0.25, 0.3) is 0 Å². The quantitative estimate of drug-likeness (QED) is 0.0796. The zero-order chi connectivity index (χ0) is 75.7. The topological polar surface area (TPSA) is 16.3 Å². The standard InChI is InChI=1S/C110H76N4/c1-7-27-79(28-8-1)95-39-19-23-43-99(95)83-53-69-107-103(73-83)104-74-84(100-44-24-20-40-96(100)80-29-9-2-10-30-80)54-70-108(104)113(107)93-65-61-91(62-66-93)111(87-35-15-5-16-36-87)89-57-49-77(50-58-89)47-48-78-51-59-90(60-52-78)112(88-37-17-6-18-38-88)92-63-67-94(68-64-92)114-109-71-55-85(101-45-25-21-41-97(101)81-31-11-3-12-32-81)75-105(109)106-76-86(56-72-110(106)114)102-46-26-22-42-98(102)82-33-13-4-14-34-82/h1-76H/b48-47+. The highest BCUT2D eigenvalue weighted by Crippen LogP contribution is 2.46. The second-order valence-electron chi connectivity index (χ2n) is 29.1. The van der Waals surface area contributed by atoms with Gasteiger partial charge in [-0.3, -0.25) is 0 Å². The normalized spacial score (nSPS) is 11.5. The van der Waals surface area contributed by atoms with Crippen molar-refractivity contribution in [3.8, 4) is 100 Å². The summed E-state index contributed by atoms with van der Waals surface area (Å²) in [7, 11) is 0. The molecular formula is C110H76N4. The molecule has 0 aliphatic rings. The van der Waals surface area contributed by atoms with Gasteiger partial charge in [-0.05, 0) is 246 Å². The largest absolute Gasteiger partial charge is 0.311 e. The van der Waals surface area contributed by atoms with Crippen LogP contribution in [0.2, 0.25) is 0 Å². The van der Waals surface area contributed by atoms with Crippen LogP contribution in [-0.2, 0) is 0 Å². The first-order chi connectivity index (χ1) is 56.5. The van der Waals surface area contributed by atoms with Gasteiger partial charge in [-0.2, -0.15) is 0 Å². The number of para-hydroxylation sites is 2. The number of hydrogen-bond donors (Lipinski definition) is 0. The predicted octanol–water partition coefficient (Wildman–Crippen LogP) is 30.3. The molecule has 20 aromatic rings. The maximum atomic E-state index is 2.44. The molecule has 0 radical (unpaired) electrons. The van der Waals surface area contributed by atoms with Crippen molar-refractivity contribution in [1.29, 1.82) is 0 Å². The Bertz CT molecular complexity index is 6190. The van der Waals surface area contributed by atoms with Crippen molar-refractivity contribution in [1.82, 2.24) is 9.13 Å². The Hall–Kier alpha value is -15.1. The SMILES string of the molecule is C(=C\c1ccc(N(c2ccccc2)c2ccc(-n3c4ccc(-c5ccccc5-c5ccccc5)cc4c4cc(-c5ccccc5-c5ccccc5)ccc43)cc2)cc1)/c1ccc(N(c2ccccc2)c2ccc(-n3c4ccc(-c5ccccc5-c5ccccc5)cc4c4cc(-c5ccccc5-c5ccccc5)ccc43)cc2)cc1. The summed E-state index contributed by atoms with van der Waals surface area (Å²) in [6.07, 6.45) is 4.42. The lowest BCUT2D eigenvalue weighted by molar-refractivity contribution is 1.17. The second kappa shape index (κ2) is 30.1. The van der Waals surface area contributed by atoms with Crippen LogP contribution in [0.1, 0.15) is 11.1 Å². The van der Waals surface area contributed by atoms with E-state index in [-0.39, 0.29) is 0 Å². The Morgan fingerprint density at radius 1 is 0.158 bits per heavy atom. The molecule has 4 nitrogen and oxygen atoms in total. The van der Waals surface area contributed by atoms with E-state index in [1.807, 2.05) is 0 Å². The van der Waals surface area contributed by atoms with Crippen LogP contribution in [0.15, 0.2) is 449 Å². The van der Waals surface area contributed by atoms with Crippen molar-refractivity contribution in [2.75, 3.05) is 9.80 Å². The van der Waals surface area contributed by atoms with Crippen molar-refractivity contribution in [2.24, 2.45) is 0 Å². The lowest BCUT2D eigenvalue weighted by Crippen LogP contribution is -2.10. The number of fused-ring (bicyclic) bond motifs is 6. The van der Waals surface area contributed by atoms with Gasteiger partial charge in [0, 0.05) is 67.0 Å². The van der Waals surface area contributed by atoms with E-state index in [9.17, 15) is 0 Å². The molecule has 2 heterocycles. The Kier molecular flexibility index (Phi) is 18.0. The number of nitrogens with zero attached hydrogens (tertiary/aromatic N) is 4. The third-order valence-corrected chi connectivity index (χ3v) is 22.4. The summed E-state index contributed by atoms with van der Waals surface area (Å²) < 4.78 is 4.87. The summed E-state index contributed by atoms with van der Waals surface area (Å²) in [5.41, 5.74) is 34.5. The lowest BCUT2D eigenvalue weighted by Gasteiger charge is -2.26. The zero-order valence-corrected chi connectivity index (χ0v) is 62.7. The van der Waals surface area contributed by atoms with E-state index in [1.54, 1.807) is 0 Å². The molecule has 0 bridgehead atoms. The van der Waals surface area contributed by atoms with E-state index in [1.165, 1.54) is 111 Å². The Morgan fingerprint density at radius 3 is 0.588 bits per heavy atom. The third-order valence-electron chi connectivity index (χ3n) is 22.4. The van der Waals surface area contributed by atoms with Crippen molar-refractivity contribution >= 4 is 89.9 Å². The van der Waals surface area contributed by atoms with Crippen LogP contribution >= 0.6 is 0 Å². The summed E-state index contributed by atoms with van der Waals surface area (Å²) in [4.78, 5) is 4.69. The van der Waals surface area contributed by atoms with Gasteiger partial charge >= 0.3 is 0 Å². The van der Waals surface area contributed by atoms with E-state index < -0.39 is 0 Å². The molecule has 0 amide bonds. The highest BCUT2D eigenvalue weighted by Gasteiger charge is 2.23. The molecule has 0 saturated heterocycles. The fourth-order valence-corrected chi connectivity index (χ4v) is 16.9. The molecule has 536 valence electrons. The molecule has 0 spiro atoms. The van der Waals surface area contributed by atoms with Crippen LogP contribution in [0, 0.1) is 0 Å². The first kappa shape index (κ1) is 68.2. The van der Waals surface area contributed by atoms with Gasteiger partial charge in [0.2, 0.25) is 0 Å². The van der Waals surface area contributed by atoms with Gasteiger partial charge < -0.3 is 18.9 Å². The molecule has 0 saturated carbocycles. The molecule has 0 fully saturated rings. The van der Waals surface area contributed by atoms with Crippen molar-refractivity contribution in [3.05, 3.63) is 460 Å². The van der Waals surface area contributed by atoms with Crippen LogP contribution in [0.25, 0.3) is 156 Å². The molecule has 4 heteroatoms. The zero-order valence-electron chi connectivity index (χ0n) is 62.7. The van der Waals surface area contributed by atoms with E-state index in [0.29, 0.717) is 0 Å². The number of benzene rings is 18. The molecular weight excluding hydrogens is 1380 g/mol. The molecule has 20 rings (SSSR count). The molecule has 0 atom stereocenters. The maximum absolute atomic E-state index is 2.44. The average Bonchev–Trinajstić information content (AvgIpc) is 1.58. The van der Waals surface area contributed by atoms with Gasteiger partial charge in [0.05, 0.1) is 22.1 Å². The first-order valence-electron chi connectivity index (χ1n) is 39.1. The van der Waals surface area contributed by atoms with Crippen LogP contribution < -0.4 is 9.80 Å². The monoisotopic (exact) mass is 1450 g/mol. The summed E-state index contributed by atoms with van der Waals surface area (Å²) in [5, 5.41) is 4.79. The fraction of sp³-hybridized carbons (Fsp3) is 0. The van der Waals surface area contributed by atoms with Crippen LogP contribution in [0.5, 0.6) is 0 Å². The third kappa shape index (κ3) is 13.0.